The van der Waals surface area contributed by atoms with Crippen LogP contribution in [0.1, 0.15) is 27.4 Å². The number of fused-ring (bicyclic) bond motifs is 1. The van der Waals surface area contributed by atoms with Crippen LogP contribution in [-0.2, 0) is 6.42 Å². The SMILES string of the molecule is COc1cc(Cl)c2c(c1)CC(c1ccccc1)C2=O. The molecule has 0 fully saturated rings. The van der Waals surface area contributed by atoms with Gasteiger partial charge < -0.3 is 4.74 Å². The minimum absolute atomic E-state index is 0.105. The van der Waals surface area contributed by atoms with Gasteiger partial charge in [0.1, 0.15) is 5.75 Å². The minimum Gasteiger partial charge on any atom is -0.497 e. The molecule has 1 aliphatic carbocycles. The Bertz CT molecular complexity index is 635. The quantitative estimate of drug-likeness (QED) is 0.829. The summed E-state index contributed by atoms with van der Waals surface area (Å²) in [6.45, 7) is 0. The van der Waals surface area contributed by atoms with Gasteiger partial charge in [0, 0.05) is 5.56 Å². The molecule has 0 spiro atoms. The van der Waals surface area contributed by atoms with Gasteiger partial charge in [0.25, 0.3) is 0 Å². The van der Waals surface area contributed by atoms with E-state index in [1.54, 1.807) is 13.2 Å². The molecule has 0 aromatic heterocycles. The molecule has 0 saturated carbocycles. The number of carbonyl (C=O) groups is 1. The number of benzene rings is 2. The van der Waals surface area contributed by atoms with Crippen molar-refractivity contribution in [2.24, 2.45) is 0 Å². The summed E-state index contributed by atoms with van der Waals surface area (Å²) in [6, 6.07) is 13.4. The van der Waals surface area contributed by atoms with Gasteiger partial charge in [-0.25, -0.2) is 0 Å². The summed E-state index contributed by atoms with van der Waals surface area (Å²) in [7, 11) is 1.60. The second-order valence-corrected chi connectivity index (χ2v) is 5.08. The van der Waals surface area contributed by atoms with Crippen molar-refractivity contribution < 1.29 is 9.53 Å². The first-order chi connectivity index (χ1) is 9.20. The maximum Gasteiger partial charge on any atom is 0.172 e. The third kappa shape index (κ3) is 2.02. The highest BCUT2D eigenvalue weighted by Gasteiger charge is 2.33. The van der Waals surface area contributed by atoms with Crippen molar-refractivity contribution in [2.45, 2.75) is 12.3 Å². The molecular weight excluding hydrogens is 260 g/mol. The largest absolute Gasteiger partial charge is 0.497 e. The summed E-state index contributed by atoms with van der Waals surface area (Å²) in [5, 5.41) is 0.484. The zero-order valence-corrected chi connectivity index (χ0v) is 11.3. The van der Waals surface area contributed by atoms with Gasteiger partial charge in [0.2, 0.25) is 0 Å². The van der Waals surface area contributed by atoms with Crippen LogP contribution in [0.4, 0.5) is 0 Å². The van der Waals surface area contributed by atoms with Crippen molar-refractivity contribution in [3.8, 4) is 5.75 Å². The number of Topliss-reactive ketones (excluding diaryl/α,β-unsaturated/α-hetero) is 1. The lowest BCUT2D eigenvalue weighted by Gasteiger charge is -2.07. The van der Waals surface area contributed by atoms with E-state index in [9.17, 15) is 4.79 Å². The molecule has 0 N–H and O–H groups in total. The van der Waals surface area contributed by atoms with Gasteiger partial charge >= 0.3 is 0 Å². The average Bonchev–Trinajstić information content (AvgIpc) is 2.77. The summed E-state index contributed by atoms with van der Waals surface area (Å²) in [4.78, 5) is 12.5. The highest BCUT2D eigenvalue weighted by molar-refractivity contribution is 6.35. The number of halogens is 1. The second kappa shape index (κ2) is 4.71. The van der Waals surface area contributed by atoms with Crippen LogP contribution < -0.4 is 4.74 Å². The number of ether oxygens (including phenoxy) is 1. The number of rotatable bonds is 2. The van der Waals surface area contributed by atoms with Gasteiger partial charge in [0.05, 0.1) is 18.1 Å². The first kappa shape index (κ1) is 12.2. The van der Waals surface area contributed by atoms with E-state index in [1.807, 2.05) is 36.4 Å². The van der Waals surface area contributed by atoms with Crippen LogP contribution in [-0.4, -0.2) is 12.9 Å². The number of carbonyl (C=O) groups excluding carboxylic acids is 1. The Kier molecular flexibility index (Phi) is 3.03. The van der Waals surface area contributed by atoms with Crippen molar-refractivity contribution in [1.29, 1.82) is 0 Å². The van der Waals surface area contributed by atoms with Gasteiger partial charge in [-0.15, -0.1) is 0 Å². The molecule has 0 amide bonds. The number of hydrogen-bond acceptors (Lipinski definition) is 2. The maximum absolute atomic E-state index is 12.5. The molecule has 1 aliphatic rings. The summed E-state index contributed by atoms with van der Waals surface area (Å²) in [5.74, 6) is 0.680. The third-order valence-electron chi connectivity index (χ3n) is 3.57. The summed E-state index contributed by atoms with van der Waals surface area (Å²) >= 11 is 6.20. The zero-order chi connectivity index (χ0) is 13.4. The van der Waals surface area contributed by atoms with E-state index in [0.29, 0.717) is 22.8 Å². The number of hydrogen-bond donors (Lipinski definition) is 0. The number of methoxy groups -OCH3 is 1. The van der Waals surface area contributed by atoms with Crippen molar-refractivity contribution in [3.05, 3.63) is 64.2 Å². The highest BCUT2D eigenvalue weighted by Crippen LogP contribution is 2.39. The van der Waals surface area contributed by atoms with E-state index in [0.717, 1.165) is 11.1 Å². The van der Waals surface area contributed by atoms with E-state index >= 15 is 0 Å². The summed E-state index contributed by atoms with van der Waals surface area (Å²) < 4.78 is 5.20. The molecule has 3 heteroatoms. The van der Waals surface area contributed by atoms with Gasteiger partial charge in [0.15, 0.2) is 5.78 Å². The smallest absolute Gasteiger partial charge is 0.172 e. The Morgan fingerprint density at radius 1 is 1.21 bits per heavy atom. The molecule has 0 saturated heterocycles. The monoisotopic (exact) mass is 272 g/mol. The van der Waals surface area contributed by atoms with Crippen LogP contribution in [0.2, 0.25) is 5.02 Å². The molecule has 0 radical (unpaired) electrons. The summed E-state index contributed by atoms with van der Waals surface area (Å²) in [6.07, 6.45) is 0.690. The Labute approximate surface area is 117 Å². The van der Waals surface area contributed by atoms with E-state index in [4.69, 9.17) is 16.3 Å². The van der Waals surface area contributed by atoms with Crippen molar-refractivity contribution in [2.75, 3.05) is 7.11 Å². The Balaban J connectivity index is 2.05. The molecule has 0 bridgehead atoms. The van der Waals surface area contributed by atoms with E-state index in [-0.39, 0.29) is 11.7 Å². The molecule has 2 aromatic rings. The van der Waals surface area contributed by atoms with Crippen molar-refractivity contribution in [1.82, 2.24) is 0 Å². The topological polar surface area (TPSA) is 26.3 Å². The summed E-state index contributed by atoms with van der Waals surface area (Å²) in [5.41, 5.74) is 2.67. The normalized spacial score (nSPS) is 17.4. The van der Waals surface area contributed by atoms with Gasteiger partial charge in [-0.3, -0.25) is 4.79 Å². The van der Waals surface area contributed by atoms with Crippen LogP contribution in [0, 0.1) is 0 Å². The Morgan fingerprint density at radius 2 is 1.95 bits per heavy atom. The predicted molar refractivity (Wildman–Crippen MR) is 75.2 cm³/mol. The molecule has 2 aromatic carbocycles. The van der Waals surface area contributed by atoms with E-state index in [2.05, 4.69) is 0 Å². The van der Waals surface area contributed by atoms with Gasteiger partial charge in [-0.05, 0) is 29.7 Å². The van der Waals surface area contributed by atoms with Crippen molar-refractivity contribution in [3.63, 3.8) is 0 Å². The van der Waals surface area contributed by atoms with Gasteiger partial charge in [-0.2, -0.15) is 0 Å². The van der Waals surface area contributed by atoms with Crippen LogP contribution in [0.15, 0.2) is 42.5 Å². The lowest BCUT2D eigenvalue weighted by atomic mass is 9.95. The zero-order valence-electron chi connectivity index (χ0n) is 10.5. The van der Waals surface area contributed by atoms with Crippen molar-refractivity contribution >= 4 is 17.4 Å². The number of ketones is 1. The van der Waals surface area contributed by atoms with Crippen LogP contribution in [0.5, 0.6) is 5.75 Å². The van der Waals surface area contributed by atoms with Crippen LogP contribution in [0.25, 0.3) is 0 Å². The second-order valence-electron chi connectivity index (χ2n) is 4.67. The Morgan fingerprint density at radius 3 is 2.63 bits per heavy atom. The molecule has 1 atom stereocenters. The highest BCUT2D eigenvalue weighted by atomic mass is 35.5. The lowest BCUT2D eigenvalue weighted by Crippen LogP contribution is -2.06. The van der Waals surface area contributed by atoms with Crippen LogP contribution >= 0.6 is 11.6 Å². The predicted octanol–water partition coefficient (Wildman–Crippen LogP) is 3.87. The Hall–Kier alpha value is -1.80. The maximum atomic E-state index is 12.5. The fourth-order valence-corrected chi connectivity index (χ4v) is 2.95. The molecule has 1 unspecified atom stereocenters. The molecule has 0 heterocycles. The molecule has 3 rings (SSSR count). The minimum atomic E-state index is -0.124. The molecule has 2 nitrogen and oxygen atoms in total. The first-order valence-electron chi connectivity index (χ1n) is 6.16. The average molecular weight is 273 g/mol. The molecule has 19 heavy (non-hydrogen) atoms. The molecule has 96 valence electrons. The fourth-order valence-electron chi connectivity index (χ4n) is 2.63. The standard InChI is InChI=1S/C16H13ClO2/c1-19-12-7-11-8-13(10-5-3-2-4-6-10)16(18)15(11)14(17)9-12/h2-7,9,13H,8H2,1H3. The fraction of sp³-hybridized carbons (Fsp3) is 0.188. The first-order valence-corrected chi connectivity index (χ1v) is 6.54. The molecule has 0 aliphatic heterocycles. The molecular formula is C16H13ClO2. The van der Waals surface area contributed by atoms with Gasteiger partial charge in [-0.1, -0.05) is 41.9 Å². The lowest BCUT2D eigenvalue weighted by molar-refractivity contribution is 0.0973. The van der Waals surface area contributed by atoms with E-state index in [1.165, 1.54) is 0 Å². The third-order valence-corrected chi connectivity index (χ3v) is 3.87. The van der Waals surface area contributed by atoms with Crippen LogP contribution in [0.3, 0.4) is 0 Å². The van der Waals surface area contributed by atoms with E-state index < -0.39 is 0 Å².